The smallest absolute Gasteiger partial charge is 0.202 e. The van der Waals surface area contributed by atoms with Crippen LogP contribution in [-0.4, -0.2) is 40.1 Å². The van der Waals surface area contributed by atoms with E-state index in [2.05, 4.69) is 46.7 Å². The van der Waals surface area contributed by atoms with Gasteiger partial charge >= 0.3 is 0 Å². The van der Waals surface area contributed by atoms with Gasteiger partial charge in [-0.15, -0.1) is 0 Å². The number of aromatic nitrogens is 2. The zero-order valence-electron chi connectivity index (χ0n) is 11.9. The molecule has 2 rings (SSSR count). The molecule has 2 heterocycles. The summed E-state index contributed by atoms with van der Waals surface area (Å²) in [7, 11) is 0. The molecule has 0 amide bonds. The Labute approximate surface area is 110 Å². The molecule has 1 atom stereocenters. The molecule has 0 radical (unpaired) electrons. The third-order valence-electron chi connectivity index (χ3n) is 3.78. The summed E-state index contributed by atoms with van der Waals surface area (Å²) in [4.78, 5) is 6.95. The van der Waals surface area contributed by atoms with E-state index in [-0.39, 0.29) is 0 Å². The van der Waals surface area contributed by atoms with Gasteiger partial charge in [0.1, 0.15) is 0 Å². The molecular weight excluding hydrogens is 224 g/mol. The van der Waals surface area contributed by atoms with Crippen LogP contribution in [0.3, 0.4) is 0 Å². The van der Waals surface area contributed by atoms with Crippen molar-refractivity contribution in [1.82, 2.24) is 14.5 Å². The fraction of sp³-hybridized carbons (Fsp3) is 0.786. The van der Waals surface area contributed by atoms with Gasteiger partial charge in [-0.2, -0.15) is 0 Å². The van der Waals surface area contributed by atoms with Crippen LogP contribution in [0.25, 0.3) is 0 Å². The van der Waals surface area contributed by atoms with Gasteiger partial charge in [0, 0.05) is 38.1 Å². The number of anilines is 1. The number of nitrogens with zero attached hydrogens (tertiary/aromatic N) is 3. The zero-order valence-corrected chi connectivity index (χ0v) is 11.9. The quantitative estimate of drug-likeness (QED) is 0.842. The number of likely N-dealkylation sites (tertiary alicyclic amines) is 1. The van der Waals surface area contributed by atoms with Gasteiger partial charge in [-0.25, -0.2) is 4.98 Å². The van der Waals surface area contributed by atoms with Crippen molar-refractivity contribution in [3.05, 3.63) is 12.4 Å². The number of aryl methyl sites for hydroxylation is 1. The second-order valence-corrected chi connectivity index (χ2v) is 5.57. The van der Waals surface area contributed by atoms with Crippen molar-refractivity contribution >= 4 is 5.95 Å². The Hall–Kier alpha value is -1.03. The summed E-state index contributed by atoms with van der Waals surface area (Å²) < 4.78 is 2.20. The summed E-state index contributed by atoms with van der Waals surface area (Å²) in [5, 5.41) is 3.50. The first-order chi connectivity index (χ1) is 8.70. The summed E-state index contributed by atoms with van der Waals surface area (Å²) in [6, 6.07) is 0.678. The predicted octanol–water partition coefficient (Wildman–Crippen LogP) is 2.44. The van der Waals surface area contributed by atoms with Crippen LogP contribution in [0.4, 0.5) is 5.95 Å². The lowest BCUT2D eigenvalue weighted by Crippen LogP contribution is -2.29. The maximum atomic E-state index is 4.39. The number of hydrogen-bond donors (Lipinski definition) is 1. The molecule has 1 unspecified atom stereocenters. The van der Waals surface area contributed by atoms with Gasteiger partial charge in [-0.3, -0.25) is 0 Å². The van der Waals surface area contributed by atoms with Crippen LogP contribution in [0.5, 0.6) is 0 Å². The van der Waals surface area contributed by atoms with Gasteiger partial charge in [-0.05, 0) is 39.2 Å². The molecule has 1 aliphatic heterocycles. The van der Waals surface area contributed by atoms with E-state index in [9.17, 15) is 0 Å². The maximum Gasteiger partial charge on any atom is 0.202 e. The first-order valence-corrected chi connectivity index (χ1v) is 7.19. The molecule has 0 spiro atoms. The topological polar surface area (TPSA) is 33.1 Å². The maximum absolute atomic E-state index is 4.39. The van der Waals surface area contributed by atoms with E-state index in [1.165, 1.54) is 19.5 Å². The minimum atomic E-state index is 0.678. The van der Waals surface area contributed by atoms with Crippen LogP contribution < -0.4 is 5.32 Å². The Morgan fingerprint density at radius 3 is 3.00 bits per heavy atom. The number of nitrogens with one attached hydrogen (secondary N) is 1. The van der Waals surface area contributed by atoms with Gasteiger partial charge in [0.05, 0.1) is 0 Å². The molecular formula is C14H26N4. The van der Waals surface area contributed by atoms with Crippen molar-refractivity contribution in [2.45, 2.75) is 46.2 Å². The van der Waals surface area contributed by atoms with Gasteiger partial charge in [-0.1, -0.05) is 6.92 Å². The van der Waals surface area contributed by atoms with E-state index in [0.29, 0.717) is 6.04 Å². The second-order valence-electron chi connectivity index (χ2n) is 5.57. The first kappa shape index (κ1) is 13.4. The van der Waals surface area contributed by atoms with Crippen LogP contribution in [-0.2, 0) is 6.54 Å². The lowest BCUT2D eigenvalue weighted by molar-refractivity contribution is 0.266. The van der Waals surface area contributed by atoms with Crippen LogP contribution in [0.2, 0.25) is 0 Å². The molecule has 4 nitrogen and oxygen atoms in total. The average molecular weight is 250 g/mol. The third-order valence-corrected chi connectivity index (χ3v) is 3.78. The lowest BCUT2D eigenvalue weighted by Gasteiger charge is -2.20. The standard InChI is InChI=1S/C14H26N4/c1-4-7-17-9-6-15-14(17)16-10-13-5-8-18(11-13)12(2)3/h6,9,12-13H,4-5,7-8,10-11H2,1-3H3,(H,15,16). The lowest BCUT2D eigenvalue weighted by atomic mass is 10.1. The highest BCUT2D eigenvalue weighted by Gasteiger charge is 2.24. The van der Waals surface area contributed by atoms with E-state index in [0.717, 1.165) is 31.4 Å². The molecule has 1 saturated heterocycles. The molecule has 0 bridgehead atoms. The fourth-order valence-corrected chi connectivity index (χ4v) is 2.63. The van der Waals surface area contributed by atoms with Gasteiger partial charge in [0.2, 0.25) is 5.95 Å². The average Bonchev–Trinajstić information content (AvgIpc) is 2.95. The minimum absolute atomic E-state index is 0.678. The number of hydrogen-bond acceptors (Lipinski definition) is 3. The first-order valence-electron chi connectivity index (χ1n) is 7.19. The van der Waals surface area contributed by atoms with Crippen LogP contribution in [0.15, 0.2) is 12.4 Å². The molecule has 1 fully saturated rings. The van der Waals surface area contributed by atoms with E-state index >= 15 is 0 Å². The van der Waals surface area contributed by atoms with Crippen molar-refractivity contribution < 1.29 is 0 Å². The van der Waals surface area contributed by atoms with Crippen molar-refractivity contribution in [3.8, 4) is 0 Å². The SMILES string of the molecule is CCCn1ccnc1NCC1CCN(C(C)C)C1. The summed E-state index contributed by atoms with van der Waals surface area (Å²) in [6.07, 6.45) is 6.39. The Kier molecular flexibility index (Phi) is 4.64. The molecule has 1 aromatic rings. The van der Waals surface area contributed by atoms with Crippen LogP contribution in [0.1, 0.15) is 33.6 Å². The molecule has 1 aliphatic rings. The molecule has 18 heavy (non-hydrogen) atoms. The van der Waals surface area contributed by atoms with E-state index in [1.54, 1.807) is 0 Å². The zero-order chi connectivity index (χ0) is 13.0. The Bertz CT molecular complexity index is 358. The van der Waals surface area contributed by atoms with Crippen LogP contribution >= 0.6 is 0 Å². The fourth-order valence-electron chi connectivity index (χ4n) is 2.63. The van der Waals surface area contributed by atoms with E-state index < -0.39 is 0 Å². The summed E-state index contributed by atoms with van der Waals surface area (Å²) in [5.74, 6) is 1.79. The third kappa shape index (κ3) is 3.25. The van der Waals surface area contributed by atoms with Crippen molar-refractivity contribution in [3.63, 3.8) is 0 Å². The van der Waals surface area contributed by atoms with Gasteiger partial charge in [0.15, 0.2) is 0 Å². The number of rotatable bonds is 6. The highest BCUT2D eigenvalue weighted by atomic mass is 15.2. The molecule has 4 heteroatoms. The highest BCUT2D eigenvalue weighted by molar-refractivity contribution is 5.25. The molecule has 0 aromatic carbocycles. The molecule has 102 valence electrons. The molecule has 0 aliphatic carbocycles. The largest absolute Gasteiger partial charge is 0.355 e. The van der Waals surface area contributed by atoms with Crippen molar-refractivity contribution in [2.75, 3.05) is 25.0 Å². The number of imidazole rings is 1. The Morgan fingerprint density at radius 1 is 1.50 bits per heavy atom. The Morgan fingerprint density at radius 2 is 2.33 bits per heavy atom. The summed E-state index contributed by atoms with van der Waals surface area (Å²) in [6.45, 7) is 11.3. The van der Waals surface area contributed by atoms with Crippen LogP contribution in [0, 0.1) is 5.92 Å². The Balaban J connectivity index is 1.80. The molecule has 0 saturated carbocycles. The summed E-state index contributed by atoms with van der Waals surface area (Å²) >= 11 is 0. The molecule has 1 aromatic heterocycles. The van der Waals surface area contributed by atoms with Crippen molar-refractivity contribution in [2.24, 2.45) is 5.92 Å². The summed E-state index contributed by atoms with van der Waals surface area (Å²) in [5.41, 5.74) is 0. The van der Waals surface area contributed by atoms with E-state index in [4.69, 9.17) is 0 Å². The minimum Gasteiger partial charge on any atom is -0.355 e. The molecule has 1 N–H and O–H groups in total. The van der Waals surface area contributed by atoms with Crippen molar-refractivity contribution in [1.29, 1.82) is 0 Å². The monoisotopic (exact) mass is 250 g/mol. The van der Waals surface area contributed by atoms with Gasteiger partial charge < -0.3 is 14.8 Å². The second kappa shape index (κ2) is 6.23. The predicted molar refractivity (Wildman–Crippen MR) is 75.8 cm³/mol. The van der Waals surface area contributed by atoms with Gasteiger partial charge in [0.25, 0.3) is 0 Å². The highest BCUT2D eigenvalue weighted by Crippen LogP contribution is 2.19. The van der Waals surface area contributed by atoms with E-state index in [1.807, 2.05) is 6.20 Å². The normalized spacial score (nSPS) is 20.8.